The fourth-order valence-corrected chi connectivity index (χ4v) is 2.43. The van der Waals surface area contributed by atoms with Gasteiger partial charge in [-0.25, -0.2) is 0 Å². The molecule has 1 N–H and O–H groups in total. The quantitative estimate of drug-likeness (QED) is 0.607. The summed E-state index contributed by atoms with van der Waals surface area (Å²) in [6.07, 6.45) is 3.76. The first-order valence-corrected chi connectivity index (χ1v) is 4.65. The van der Waals surface area contributed by atoms with Crippen LogP contribution in [-0.4, -0.2) is 22.2 Å². The molecule has 0 aliphatic carbocycles. The van der Waals surface area contributed by atoms with Crippen LogP contribution in [0.4, 0.5) is 0 Å². The van der Waals surface area contributed by atoms with Gasteiger partial charge < -0.3 is 5.11 Å². The van der Waals surface area contributed by atoms with Crippen LogP contribution in [-0.2, 0) is 0 Å². The summed E-state index contributed by atoms with van der Waals surface area (Å²) in [6.45, 7) is 1.89. The number of aliphatic hydroxyl groups is 1. The maximum Gasteiger partial charge on any atom is 0.0630 e. The van der Waals surface area contributed by atoms with Gasteiger partial charge >= 0.3 is 0 Å². The minimum Gasteiger partial charge on any atom is -0.392 e. The van der Waals surface area contributed by atoms with Crippen molar-refractivity contribution in [2.24, 2.45) is 0 Å². The van der Waals surface area contributed by atoms with Crippen molar-refractivity contribution >= 4 is 11.8 Å². The Labute approximate surface area is 60.8 Å². The lowest BCUT2D eigenvalue weighted by Crippen LogP contribution is -2.22. The Morgan fingerprint density at radius 1 is 1.56 bits per heavy atom. The molecule has 0 aromatic heterocycles. The van der Waals surface area contributed by atoms with Gasteiger partial charge in [0.1, 0.15) is 0 Å². The lowest BCUT2D eigenvalue weighted by molar-refractivity contribution is 0.185. The smallest absolute Gasteiger partial charge is 0.0630 e. The van der Waals surface area contributed by atoms with Crippen molar-refractivity contribution in [1.82, 2.24) is 0 Å². The molecule has 1 aliphatic rings. The first kappa shape index (κ1) is 7.42. The van der Waals surface area contributed by atoms with E-state index in [0.717, 1.165) is 0 Å². The Bertz CT molecular complexity index is 77.0. The average Bonchev–Trinajstić information content (AvgIpc) is 1.90. The zero-order chi connectivity index (χ0) is 6.69. The number of thioether (sulfide) groups is 1. The fraction of sp³-hybridized carbons (Fsp3) is 1.00. The topological polar surface area (TPSA) is 20.2 Å². The van der Waals surface area contributed by atoms with Gasteiger partial charge in [0.2, 0.25) is 0 Å². The molecular formula is C7H14OS. The number of hydrogen-bond acceptors (Lipinski definition) is 2. The zero-order valence-corrected chi connectivity index (χ0v) is 6.66. The molecule has 0 bridgehead atoms. The summed E-state index contributed by atoms with van der Waals surface area (Å²) in [7, 11) is 0. The second-order valence-corrected chi connectivity index (χ2v) is 3.99. The van der Waals surface area contributed by atoms with Crippen LogP contribution in [0.15, 0.2) is 0 Å². The van der Waals surface area contributed by atoms with Gasteiger partial charge in [-0.3, -0.25) is 0 Å². The maximum absolute atomic E-state index is 9.16. The molecule has 0 aromatic rings. The molecule has 1 saturated heterocycles. The van der Waals surface area contributed by atoms with Crippen LogP contribution in [0, 0.1) is 0 Å². The summed E-state index contributed by atoms with van der Waals surface area (Å²) < 4.78 is 0. The van der Waals surface area contributed by atoms with Crippen molar-refractivity contribution in [3.8, 4) is 0 Å². The van der Waals surface area contributed by atoms with Crippen LogP contribution in [0.3, 0.4) is 0 Å². The third-order valence-corrected chi connectivity index (χ3v) is 3.34. The molecule has 1 aliphatic heterocycles. The summed E-state index contributed by atoms with van der Waals surface area (Å²) in [5, 5.41) is 9.68. The SMILES string of the molecule is CC(O)C1CCCCS1. The van der Waals surface area contributed by atoms with E-state index in [4.69, 9.17) is 5.11 Å². The summed E-state index contributed by atoms with van der Waals surface area (Å²) in [5.41, 5.74) is 0. The Morgan fingerprint density at radius 2 is 2.33 bits per heavy atom. The van der Waals surface area contributed by atoms with Gasteiger partial charge in [0.15, 0.2) is 0 Å². The van der Waals surface area contributed by atoms with Crippen LogP contribution in [0.2, 0.25) is 0 Å². The molecule has 9 heavy (non-hydrogen) atoms. The van der Waals surface area contributed by atoms with Gasteiger partial charge in [0.25, 0.3) is 0 Å². The fourth-order valence-electron chi connectivity index (χ4n) is 1.15. The van der Waals surface area contributed by atoms with Crippen molar-refractivity contribution in [2.75, 3.05) is 5.75 Å². The predicted molar refractivity (Wildman–Crippen MR) is 41.8 cm³/mol. The molecule has 1 heterocycles. The highest BCUT2D eigenvalue weighted by Crippen LogP contribution is 2.27. The van der Waals surface area contributed by atoms with Gasteiger partial charge in [0.05, 0.1) is 6.10 Å². The summed E-state index contributed by atoms with van der Waals surface area (Å²) >= 11 is 1.92. The van der Waals surface area contributed by atoms with E-state index in [2.05, 4.69) is 0 Å². The van der Waals surface area contributed by atoms with Crippen LogP contribution in [0.25, 0.3) is 0 Å². The zero-order valence-electron chi connectivity index (χ0n) is 5.84. The predicted octanol–water partition coefficient (Wildman–Crippen LogP) is 1.65. The first-order valence-electron chi connectivity index (χ1n) is 3.60. The molecule has 2 unspecified atom stereocenters. The monoisotopic (exact) mass is 146 g/mol. The highest BCUT2D eigenvalue weighted by Gasteiger charge is 2.17. The van der Waals surface area contributed by atoms with Crippen LogP contribution < -0.4 is 0 Å². The van der Waals surface area contributed by atoms with Gasteiger partial charge in [-0.15, -0.1) is 0 Å². The highest BCUT2D eigenvalue weighted by atomic mass is 32.2. The molecule has 0 radical (unpaired) electrons. The Kier molecular flexibility index (Phi) is 2.86. The Morgan fingerprint density at radius 3 is 2.67 bits per heavy atom. The molecule has 54 valence electrons. The minimum absolute atomic E-state index is 0.102. The molecule has 0 spiro atoms. The van der Waals surface area contributed by atoms with E-state index in [1.54, 1.807) is 0 Å². The number of rotatable bonds is 1. The average molecular weight is 146 g/mol. The van der Waals surface area contributed by atoms with E-state index in [9.17, 15) is 0 Å². The molecule has 2 atom stereocenters. The van der Waals surface area contributed by atoms with Gasteiger partial charge in [-0.1, -0.05) is 6.42 Å². The third kappa shape index (κ3) is 2.18. The third-order valence-electron chi connectivity index (χ3n) is 1.75. The molecule has 1 nitrogen and oxygen atoms in total. The van der Waals surface area contributed by atoms with Crippen molar-refractivity contribution in [2.45, 2.75) is 37.5 Å². The molecule has 0 amide bonds. The Hall–Kier alpha value is 0.310. The lowest BCUT2D eigenvalue weighted by atomic mass is 10.1. The van der Waals surface area contributed by atoms with Crippen molar-refractivity contribution < 1.29 is 5.11 Å². The first-order chi connectivity index (χ1) is 4.30. The molecule has 0 saturated carbocycles. The summed E-state index contributed by atoms with van der Waals surface area (Å²) in [4.78, 5) is 0. The maximum atomic E-state index is 9.16. The van der Waals surface area contributed by atoms with E-state index in [1.165, 1.54) is 25.0 Å². The van der Waals surface area contributed by atoms with E-state index in [1.807, 2.05) is 18.7 Å². The minimum atomic E-state index is -0.102. The van der Waals surface area contributed by atoms with Gasteiger partial charge in [0, 0.05) is 5.25 Å². The molecular weight excluding hydrogens is 132 g/mol. The van der Waals surface area contributed by atoms with E-state index < -0.39 is 0 Å². The number of aliphatic hydroxyl groups excluding tert-OH is 1. The normalized spacial score (nSPS) is 32.0. The van der Waals surface area contributed by atoms with Gasteiger partial charge in [-0.05, 0) is 25.5 Å². The van der Waals surface area contributed by atoms with Crippen LogP contribution in [0.5, 0.6) is 0 Å². The summed E-state index contributed by atoms with van der Waals surface area (Å²) in [5.74, 6) is 1.25. The molecule has 0 aromatic carbocycles. The standard InChI is InChI=1S/C7H14OS/c1-6(8)7-4-2-3-5-9-7/h6-8H,2-5H2,1H3. The van der Waals surface area contributed by atoms with Crippen molar-refractivity contribution in [3.05, 3.63) is 0 Å². The van der Waals surface area contributed by atoms with E-state index in [-0.39, 0.29) is 6.10 Å². The molecule has 1 rings (SSSR count). The highest BCUT2D eigenvalue weighted by molar-refractivity contribution is 8.00. The van der Waals surface area contributed by atoms with Crippen molar-refractivity contribution in [3.63, 3.8) is 0 Å². The molecule has 1 fully saturated rings. The van der Waals surface area contributed by atoms with E-state index in [0.29, 0.717) is 5.25 Å². The number of hydrogen-bond donors (Lipinski definition) is 1. The second kappa shape index (κ2) is 3.47. The second-order valence-electron chi connectivity index (χ2n) is 2.65. The van der Waals surface area contributed by atoms with Crippen molar-refractivity contribution in [1.29, 1.82) is 0 Å². The summed E-state index contributed by atoms with van der Waals surface area (Å²) in [6, 6.07) is 0. The lowest BCUT2D eigenvalue weighted by Gasteiger charge is -2.23. The van der Waals surface area contributed by atoms with E-state index >= 15 is 0 Å². The van der Waals surface area contributed by atoms with Crippen LogP contribution in [0.1, 0.15) is 26.2 Å². The van der Waals surface area contributed by atoms with Crippen LogP contribution >= 0.6 is 11.8 Å². The largest absolute Gasteiger partial charge is 0.392 e. The Balaban J connectivity index is 2.23. The molecule has 2 heteroatoms. The van der Waals surface area contributed by atoms with Gasteiger partial charge in [-0.2, -0.15) is 11.8 Å².